The number of ether oxygens (including phenoxy) is 2. The Kier molecular flexibility index (Phi) is 5.69. The highest BCUT2D eigenvalue weighted by Gasteiger charge is 2.27. The van der Waals surface area contributed by atoms with Crippen LogP contribution < -0.4 is 20.1 Å². The zero-order chi connectivity index (χ0) is 20.2. The largest absolute Gasteiger partial charge is 0.486 e. The van der Waals surface area contributed by atoms with E-state index in [2.05, 4.69) is 22.5 Å². The lowest BCUT2D eigenvalue weighted by Gasteiger charge is -2.19. The molecule has 8 heteroatoms. The van der Waals surface area contributed by atoms with Gasteiger partial charge in [0.15, 0.2) is 23.0 Å². The van der Waals surface area contributed by atoms with Crippen LogP contribution in [-0.2, 0) is 13.0 Å². The molecule has 1 aromatic carbocycles. The molecule has 4 rings (SSSR count). The zero-order valence-corrected chi connectivity index (χ0v) is 16.6. The van der Waals surface area contributed by atoms with Crippen LogP contribution >= 0.6 is 0 Å². The minimum Gasteiger partial charge on any atom is -0.486 e. The topological polar surface area (TPSA) is 94.5 Å². The van der Waals surface area contributed by atoms with Gasteiger partial charge in [0.2, 0.25) is 0 Å². The van der Waals surface area contributed by atoms with Crippen molar-refractivity contribution >= 4 is 17.5 Å². The normalized spacial score (nSPS) is 14.8. The second kappa shape index (κ2) is 8.55. The van der Waals surface area contributed by atoms with E-state index < -0.39 is 0 Å². The molecule has 0 saturated heterocycles. The van der Waals surface area contributed by atoms with Crippen molar-refractivity contribution in [3.63, 3.8) is 0 Å². The van der Waals surface area contributed by atoms with Gasteiger partial charge in [-0.2, -0.15) is 0 Å². The number of fused-ring (bicyclic) bond motifs is 2. The minimum atomic E-state index is -0.320. The Labute approximate surface area is 169 Å². The number of benzene rings is 1. The van der Waals surface area contributed by atoms with Crippen LogP contribution in [0.15, 0.2) is 18.2 Å². The van der Waals surface area contributed by atoms with Gasteiger partial charge < -0.3 is 24.7 Å². The fraction of sp³-hybridized carbons (Fsp3) is 0.476. The molecule has 0 radical (unpaired) electrons. The van der Waals surface area contributed by atoms with Gasteiger partial charge in [0.05, 0.1) is 5.69 Å². The molecule has 2 aliphatic heterocycles. The van der Waals surface area contributed by atoms with Gasteiger partial charge in [0.25, 0.3) is 11.8 Å². The van der Waals surface area contributed by atoms with Gasteiger partial charge in [0, 0.05) is 24.8 Å². The molecule has 0 saturated carbocycles. The molecule has 0 bridgehead atoms. The van der Waals surface area contributed by atoms with E-state index in [0.717, 1.165) is 37.8 Å². The Balaban J connectivity index is 1.56. The van der Waals surface area contributed by atoms with Gasteiger partial charge in [0.1, 0.15) is 13.2 Å². The predicted octanol–water partition coefficient (Wildman–Crippen LogP) is 2.77. The number of nitrogens with zero attached hydrogens (tertiary/aromatic N) is 2. The highest BCUT2D eigenvalue weighted by atomic mass is 16.6. The summed E-state index contributed by atoms with van der Waals surface area (Å²) < 4.78 is 13.0. The van der Waals surface area contributed by atoms with Crippen LogP contribution in [-0.4, -0.2) is 41.1 Å². The van der Waals surface area contributed by atoms with Crippen LogP contribution in [0, 0.1) is 0 Å². The average molecular weight is 398 g/mol. The second-order valence-electron chi connectivity index (χ2n) is 7.26. The first-order chi connectivity index (χ1) is 14.2. The molecule has 2 aliphatic rings. The van der Waals surface area contributed by atoms with Crippen molar-refractivity contribution in [3.8, 4) is 11.5 Å². The highest BCUT2D eigenvalue weighted by Crippen LogP contribution is 2.33. The van der Waals surface area contributed by atoms with Crippen molar-refractivity contribution < 1.29 is 19.1 Å². The first-order valence-electron chi connectivity index (χ1n) is 10.3. The van der Waals surface area contributed by atoms with Crippen LogP contribution in [0.2, 0.25) is 0 Å². The third-order valence-electron chi connectivity index (χ3n) is 5.15. The number of aromatic nitrogens is 2. The van der Waals surface area contributed by atoms with Crippen LogP contribution in [0.3, 0.4) is 0 Å². The summed E-state index contributed by atoms with van der Waals surface area (Å²) in [5.74, 6) is 1.06. The molecule has 0 aliphatic carbocycles. The monoisotopic (exact) mass is 398 g/mol. The Bertz CT molecular complexity index is 922. The molecule has 8 nitrogen and oxygen atoms in total. The number of carbonyl (C=O) groups is 2. The molecule has 1 aromatic heterocycles. The zero-order valence-electron chi connectivity index (χ0n) is 16.6. The summed E-state index contributed by atoms with van der Waals surface area (Å²) in [7, 11) is 0. The van der Waals surface area contributed by atoms with Crippen LogP contribution in [0.25, 0.3) is 0 Å². The first-order valence-corrected chi connectivity index (χ1v) is 10.3. The Morgan fingerprint density at radius 1 is 1.14 bits per heavy atom. The molecule has 0 unspecified atom stereocenters. The fourth-order valence-corrected chi connectivity index (χ4v) is 3.67. The standard InChI is InChI=1S/C21H26N4O4/c1-2-3-9-22-21(27)19-24-18(15-6-4-5-10-25(15)19)20(26)23-14-7-8-16-17(13-14)29-12-11-28-16/h7-8,13H,2-6,9-12H2,1H3,(H,22,27)(H,23,26). The molecular weight excluding hydrogens is 372 g/mol. The Morgan fingerprint density at radius 3 is 2.79 bits per heavy atom. The van der Waals surface area contributed by atoms with Crippen molar-refractivity contribution in [3.05, 3.63) is 35.4 Å². The average Bonchev–Trinajstić information content (AvgIpc) is 3.14. The number of hydrogen-bond acceptors (Lipinski definition) is 5. The van der Waals surface area contributed by atoms with E-state index in [1.165, 1.54) is 0 Å². The van der Waals surface area contributed by atoms with E-state index >= 15 is 0 Å². The van der Waals surface area contributed by atoms with Gasteiger partial charge >= 0.3 is 0 Å². The first kappa shape index (κ1) is 19.3. The summed E-state index contributed by atoms with van der Waals surface area (Å²) in [6.45, 7) is 4.38. The van der Waals surface area contributed by atoms with E-state index in [1.54, 1.807) is 18.2 Å². The SMILES string of the molecule is CCCCNC(=O)c1nc(C(=O)Nc2ccc3c(c2)OCCO3)c2n1CCCC2. The van der Waals surface area contributed by atoms with E-state index in [1.807, 2.05) is 4.57 Å². The van der Waals surface area contributed by atoms with Crippen molar-refractivity contribution in [1.82, 2.24) is 14.9 Å². The quantitative estimate of drug-likeness (QED) is 0.730. The number of imidazole rings is 1. The van der Waals surface area contributed by atoms with Gasteiger partial charge in [-0.1, -0.05) is 13.3 Å². The summed E-state index contributed by atoms with van der Waals surface area (Å²) in [6, 6.07) is 5.29. The van der Waals surface area contributed by atoms with E-state index in [4.69, 9.17) is 9.47 Å². The second-order valence-corrected chi connectivity index (χ2v) is 7.26. The van der Waals surface area contributed by atoms with Gasteiger partial charge in [-0.3, -0.25) is 9.59 Å². The number of amides is 2. The smallest absolute Gasteiger partial charge is 0.287 e. The van der Waals surface area contributed by atoms with Crippen molar-refractivity contribution in [1.29, 1.82) is 0 Å². The van der Waals surface area contributed by atoms with Crippen molar-refractivity contribution in [2.45, 2.75) is 45.6 Å². The van der Waals surface area contributed by atoms with E-state index in [-0.39, 0.29) is 11.8 Å². The molecule has 2 amide bonds. The van der Waals surface area contributed by atoms with Gasteiger partial charge in [-0.25, -0.2) is 4.98 Å². The lowest BCUT2D eigenvalue weighted by Crippen LogP contribution is -2.28. The van der Waals surface area contributed by atoms with Crippen LogP contribution in [0.1, 0.15) is 59.4 Å². The fourth-order valence-electron chi connectivity index (χ4n) is 3.67. The highest BCUT2D eigenvalue weighted by molar-refractivity contribution is 6.05. The molecular formula is C21H26N4O4. The maximum atomic E-state index is 13.0. The van der Waals surface area contributed by atoms with E-state index in [0.29, 0.717) is 55.0 Å². The molecule has 3 heterocycles. The summed E-state index contributed by atoms with van der Waals surface area (Å²) >= 11 is 0. The van der Waals surface area contributed by atoms with E-state index in [9.17, 15) is 9.59 Å². The summed E-state index contributed by atoms with van der Waals surface area (Å²) in [4.78, 5) is 30.0. The molecule has 154 valence electrons. The third kappa shape index (κ3) is 4.06. The Hall–Kier alpha value is -3.03. The Morgan fingerprint density at radius 2 is 1.97 bits per heavy atom. The van der Waals surface area contributed by atoms with Crippen LogP contribution in [0.4, 0.5) is 5.69 Å². The summed E-state index contributed by atoms with van der Waals surface area (Å²) in [5.41, 5.74) is 1.75. The van der Waals surface area contributed by atoms with Crippen molar-refractivity contribution in [2.75, 3.05) is 25.1 Å². The lowest BCUT2D eigenvalue weighted by molar-refractivity contribution is 0.0937. The molecule has 0 spiro atoms. The van der Waals surface area contributed by atoms with Crippen molar-refractivity contribution in [2.24, 2.45) is 0 Å². The molecule has 2 aromatic rings. The van der Waals surface area contributed by atoms with Gasteiger partial charge in [-0.05, 0) is 37.8 Å². The maximum absolute atomic E-state index is 13.0. The van der Waals surface area contributed by atoms with Gasteiger partial charge in [-0.15, -0.1) is 0 Å². The number of rotatable bonds is 6. The molecule has 0 fully saturated rings. The summed E-state index contributed by atoms with van der Waals surface area (Å²) in [5, 5.41) is 5.78. The number of unbranched alkanes of at least 4 members (excludes halogenated alkanes) is 1. The predicted molar refractivity (Wildman–Crippen MR) is 108 cm³/mol. The number of anilines is 1. The number of carbonyl (C=O) groups excluding carboxylic acids is 2. The minimum absolute atomic E-state index is 0.222. The number of nitrogens with one attached hydrogen (secondary N) is 2. The van der Waals surface area contributed by atoms with Crippen LogP contribution in [0.5, 0.6) is 11.5 Å². The summed E-state index contributed by atoms with van der Waals surface area (Å²) in [6.07, 6.45) is 4.60. The lowest BCUT2D eigenvalue weighted by atomic mass is 10.1. The third-order valence-corrected chi connectivity index (χ3v) is 5.15. The number of hydrogen-bond donors (Lipinski definition) is 2. The molecule has 2 N–H and O–H groups in total. The maximum Gasteiger partial charge on any atom is 0.287 e. The molecule has 0 atom stereocenters. The molecule has 29 heavy (non-hydrogen) atoms.